The monoisotopic (exact) mass is 452 g/mol. The van der Waals surface area contributed by atoms with Crippen LogP contribution in [0.2, 0.25) is 0 Å². The molecule has 0 saturated carbocycles. The molecule has 2 unspecified atom stereocenters. The van der Waals surface area contributed by atoms with E-state index in [0.717, 1.165) is 11.8 Å². The summed E-state index contributed by atoms with van der Waals surface area (Å²) >= 11 is 0. The Morgan fingerprint density at radius 3 is 0.938 bits per heavy atom. The van der Waals surface area contributed by atoms with Crippen molar-refractivity contribution in [2.75, 3.05) is 20.1 Å². The van der Waals surface area contributed by atoms with Crippen LogP contribution in [0.15, 0.2) is 0 Å². The molecule has 1 heteroatoms. The van der Waals surface area contributed by atoms with Crippen LogP contribution >= 0.6 is 0 Å². The second-order valence-corrected chi connectivity index (χ2v) is 11.4. The lowest BCUT2D eigenvalue weighted by atomic mass is 9.99. The quantitative estimate of drug-likeness (QED) is 0.118. The van der Waals surface area contributed by atoms with E-state index in [9.17, 15) is 0 Å². The minimum absolute atomic E-state index is 0.860. The molecule has 0 aliphatic heterocycles. The SMILES string of the molecule is CCCCCCCCCCCCC(C)CN(C)CC(C)CCCCCCCCCCCC. The van der Waals surface area contributed by atoms with Gasteiger partial charge in [0.15, 0.2) is 0 Å². The number of rotatable bonds is 26. The second kappa shape index (κ2) is 25.6. The molecule has 0 aromatic carbocycles. The molecule has 0 spiro atoms. The minimum Gasteiger partial charge on any atom is -0.306 e. The molecule has 2 atom stereocenters. The van der Waals surface area contributed by atoms with Gasteiger partial charge in [0.2, 0.25) is 0 Å². The first kappa shape index (κ1) is 32.0. The minimum atomic E-state index is 0.860. The van der Waals surface area contributed by atoms with Gasteiger partial charge in [-0.15, -0.1) is 0 Å². The van der Waals surface area contributed by atoms with E-state index in [1.54, 1.807) is 0 Å². The lowest BCUT2D eigenvalue weighted by Gasteiger charge is -2.24. The van der Waals surface area contributed by atoms with Crippen LogP contribution < -0.4 is 0 Å². The predicted molar refractivity (Wildman–Crippen MR) is 149 cm³/mol. The summed E-state index contributed by atoms with van der Waals surface area (Å²) in [6.45, 7) is 12.1. The van der Waals surface area contributed by atoms with E-state index >= 15 is 0 Å². The lowest BCUT2D eigenvalue weighted by molar-refractivity contribution is 0.235. The van der Waals surface area contributed by atoms with Crippen molar-refractivity contribution in [1.29, 1.82) is 0 Å². The van der Waals surface area contributed by atoms with Gasteiger partial charge in [-0.3, -0.25) is 0 Å². The smallest absolute Gasteiger partial charge is 0.000408 e. The van der Waals surface area contributed by atoms with Crippen molar-refractivity contribution < 1.29 is 0 Å². The van der Waals surface area contributed by atoms with Crippen LogP contribution in [0.4, 0.5) is 0 Å². The molecule has 0 fully saturated rings. The summed E-state index contributed by atoms with van der Waals surface area (Å²) in [6.07, 6.45) is 31.9. The molecule has 0 aromatic heterocycles. The zero-order valence-electron chi connectivity index (χ0n) is 23.6. The molecule has 0 saturated heterocycles. The van der Waals surface area contributed by atoms with Crippen LogP contribution in [0.1, 0.15) is 169 Å². The molecule has 0 aliphatic rings. The fourth-order valence-electron chi connectivity index (χ4n) is 5.28. The molecular formula is C31H65N. The molecule has 0 heterocycles. The summed E-state index contributed by atoms with van der Waals surface area (Å²) in [6, 6.07) is 0. The fourth-order valence-corrected chi connectivity index (χ4v) is 5.28. The lowest BCUT2D eigenvalue weighted by Crippen LogP contribution is -2.29. The summed E-state index contributed by atoms with van der Waals surface area (Å²) in [7, 11) is 2.35. The third-order valence-corrected chi connectivity index (χ3v) is 7.35. The molecule has 0 bridgehead atoms. The van der Waals surface area contributed by atoms with Crippen molar-refractivity contribution in [2.24, 2.45) is 11.8 Å². The Bertz CT molecular complexity index is 307. The van der Waals surface area contributed by atoms with Crippen LogP contribution in [-0.4, -0.2) is 25.0 Å². The van der Waals surface area contributed by atoms with Crippen molar-refractivity contribution in [2.45, 2.75) is 169 Å². The maximum atomic E-state index is 2.61. The Balaban J connectivity index is 3.44. The summed E-state index contributed by atoms with van der Waals surface area (Å²) in [5.41, 5.74) is 0. The number of hydrogen-bond donors (Lipinski definition) is 0. The van der Waals surface area contributed by atoms with Gasteiger partial charge in [-0.05, 0) is 31.7 Å². The Kier molecular flexibility index (Phi) is 25.5. The highest BCUT2D eigenvalue weighted by Crippen LogP contribution is 2.17. The first-order valence-corrected chi connectivity index (χ1v) is 15.3. The van der Waals surface area contributed by atoms with Crippen molar-refractivity contribution in [3.63, 3.8) is 0 Å². The average molecular weight is 452 g/mol. The molecule has 32 heavy (non-hydrogen) atoms. The van der Waals surface area contributed by atoms with E-state index in [2.05, 4.69) is 39.6 Å². The average Bonchev–Trinajstić information content (AvgIpc) is 2.76. The van der Waals surface area contributed by atoms with Gasteiger partial charge in [0.1, 0.15) is 0 Å². The highest BCUT2D eigenvalue weighted by atomic mass is 15.1. The van der Waals surface area contributed by atoms with E-state index in [-0.39, 0.29) is 0 Å². The zero-order valence-corrected chi connectivity index (χ0v) is 23.6. The summed E-state index contributed by atoms with van der Waals surface area (Å²) < 4.78 is 0. The molecule has 0 N–H and O–H groups in total. The van der Waals surface area contributed by atoms with Crippen molar-refractivity contribution >= 4 is 0 Å². The Labute approximate surface area is 205 Å². The maximum absolute atomic E-state index is 2.61. The van der Waals surface area contributed by atoms with E-state index in [0.29, 0.717) is 0 Å². The molecule has 0 rings (SSSR count). The number of hydrogen-bond acceptors (Lipinski definition) is 1. The second-order valence-electron chi connectivity index (χ2n) is 11.4. The van der Waals surface area contributed by atoms with Crippen LogP contribution in [0, 0.1) is 11.8 Å². The van der Waals surface area contributed by atoms with Gasteiger partial charge >= 0.3 is 0 Å². The molecular weight excluding hydrogens is 386 g/mol. The van der Waals surface area contributed by atoms with Crippen molar-refractivity contribution in [3.05, 3.63) is 0 Å². The highest BCUT2D eigenvalue weighted by molar-refractivity contribution is 4.64. The first-order valence-electron chi connectivity index (χ1n) is 15.3. The van der Waals surface area contributed by atoms with E-state index in [4.69, 9.17) is 0 Å². The highest BCUT2D eigenvalue weighted by Gasteiger charge is 2.10. The summed E-state index contributed by atoms with van der Waals surface area (Å²) in [4.78, 5) is 2.61. The van der Waals surface area contributed by atoms with Gasteiger partial charge < -0.3 is 4.90 Å². The Morgan fingerprint density at radius 1 is 0.406 bits per heavy atom. The third kappa shape index (κ3) is 24.6. The summed E-state index contributed by atoms with van der Waals surface area (Å²) in [5.74, 6) is 1.72. The predicted octanol–water partition coefficient (Wildman–Crippen LogP) is 10.8. The number of nitrogens with zero attached hydrogens (tertiary/aromatic N) is 1. The van der Waals surface area contributed by atoms with Gasteiger partial charge in [-0.1, -0.05) is 156 Å². The molecule has 0 aliphatic carbocycles. The first-order chi connectivity index (χ1) is 15.6. The normalized spacial score (nSPS) is 13.7. The van der Waals surface area contributed by atoms with Crippen LogP contribution in [-0.2, 0) is 0 Å². The van der Waals surface area contributed by atoms with E-state index in [1.165, 1.54) is 154 Å². The molecule has 194 valence electrons. The largest absolute Gasteiger partial charge is 0.306 e. The number of unbranched alkanes of at least 4 members (excludes halogenated alkanes) is 18. The molecule has 0 aromatic rings. The molecule has 0 amide bonds. The van der Waals surface area contributed by atoms with Gasteiger partial charge in [-0.25, -0.2) is 0 Å². The molecule has 0 radical (unpaired) electrons. The third-order valence-electron chi connectivity index (χ3n) is 7.35. The zero-order chi connectivity index (χ0) is 23.7. The fraction of sp³-hybridized carbons (Fsp3) is 1.00. The van der Waals surface area contributed by atoms with Crippen LogP contribution in [0.25, 0.3) is 0 Å². The van der Waals surface area contributed by atoms with Gasteiger partial charge in [0.25, 0.3) is 0 Å². The van der Waals surface area contributed by atoms with E-state index in [1.807, 2.05) is 0 Å². The van der Waals surface area contributed by atoms with Gasteiger partial charge in [0, 0.05) is 13.1 Å². The van der Waals surface area contributed by atoms with Crippen LogP contribution in [0.5, 0.6) is 0 Å². The standard InChI is InChI=1S/C31H65N/c1-6-8-10-12-14-16-18-20-22-24-26-30(3)28-32(5)29-31(4)27-25-23-21-19-17-15-13-11-9-7-2/h30-31H,6-29H2,1-5H3. The van der Waals surface area contributed by atoms with Gasteiger partial charge in [-0.2, -0.15) is 0 Å². The van der Waals surface area contributed by atoms with Crippen molar-refractivity contribution in [3.8, 4) is 0 Å². The Hall–Kier alpha value is -0.0400. The van der Waals surface area contributed by atoms with Crippen molar-refractivity contribution in [1.82, 2.24) is 4.90 Å². The summed E-state index contributed by atoms with van der Waals surface area (Å²) in [5, 5.41) is 0. The van der Waals surface area contributed by atoms with Crippen LogP contribution in [0.3, 0.4) is 0 Å². The van der Waals surface area contributed by atoms with Gasteiger partial charge in [0.05, 0.1) is 0 Å². The van der Waals surface area contributed by atoms with E-state index < -0.39 is 0 Å². The topological polar surface area (TPSA) is 3.24 Å². The maximum Gasteiger partial charge on any atom is 0.000408 e. The Morgan fingerprint density at radius 2 is 0.656 bits per heavy atom. The molecule has 1 nitrogen and oxygen atoms in total.